The number of esters is 1. The summed E-state index contributed by atoms with van der Waals surface area (Å²) in [5, 5.41) is 9.22. The van der Waals surface area contributed by atoms with E-state index in [-0.39, 0.29) is 18.9 Å². The Kier molecular flexibility index (Phi) is 8.84. The molecule has 0 aromatic rings. The summed E-state index contributed by atoms with van der Waals surface area (Å²) >= 11 is 0. The summed E-state index contributed by atoms with van der Waals surface area (Å²) in [5.41, 5.74) is -0.725. The SMILES string of the molecule is [2H]CN(C(=O)[C@H](CC(C)C)N(C)C(=O)OC(C)(C)C)[C@@H](CCO)C(=O)OC. The monoisotopic (exact) mass is 375 g/mol. The molecule has 0 unspecified atom stereocenters. The van der Waals surface area contributed by atoms with Crippen LogP contribution in [0.25, 0.3) is 0 Å². The number of methoxy groups -OCH3 is 1. The number of ether oxygens (including phenoxy) is 2. The van der Waals surface area contributed by atoms with Crippen molar-refractivity contribution in [2.24, 2.45) is 5.92 Å². The Bertz CT molecular complexity index is 507. The van der Waals surface area contributed by atoms with Crippen LogP contribution in [0.2, 0.25) is 0 Å². The lowest BCUT2D eigenvalue weighted by atomic mass is 10.0. The van der Waals surface area contributed by atoms with E-state index < -0.39 is 42.7 Å². The summed E-state index contributed by atoms with van der Waals surface area (Å²) in [6.45, 7) is 8.63. The molecule has 0 saturated carbocycles. The van der Waals surface area contributed by atoms with Crippen molar-refractivity contribution in [1.29, 1.82) is 0 Å². The molecule has 0 bridgehead atoms. The third-order valence-corrected chi connectivity index (χ3v) is 3.66. The van der Waals surface area contributed by atoms with Crippen LogP contribution in [0.5, 0.6) is 0 Å². The van der Waals surface area contributed by atoms with Crippen LogP contribution in [0.1, 0.15) is 48.8 Å². The Labute approximate surface area is 157 Å². The van der Waals surface area contributed by atoms with Crippen molar-refractivity contribution in [3.8, 4) is 0 Å². The molecule has 0 rings (SSSR count). The number of hydrogen-bond acceptors (Lipinski definition) is 6. The third-order valence-electron chi connectivity index (χ3n) is 3.66. The van der Waals surface area contributed by atoms with Crippen molar-refractivity contribution in [3.05, 3.63) is 0 Å². The molecule has 0 radical (unpaired) electrons. The predicted molar refractivity (Wildman–Crippen MR) is 97.5 cm³/mol. The molecule has 2 atom stereocenters. The maximum atomic E-state index is 13.1. The van der Waals surface area contributed by atoms with Crippen LogP contribution in [-0.4, -0.2) is 78.3 Å². The molecule has 0 saturated heterocycles. The van der Waals surface area contributed by atoms with E-state index in [0.717, 1.165) is 4.90 Å². The van der Waals surface area contributed by atoms with Gasteiger partial charge in [0, 0.05) is 28.5 Å². The van der Waals surface area contributed by atoms with E-state index in [1.165, 1.54) is 19.1 Å². The van der Waals surface area contributed by atoms with Gasteiger partial charge < -0.3 is 19.5 Å². The van der Waals surface area contributed by atoms with Crippen molar-refractivity contribution in [3.63, 3.8) is 0 Å². The quantitative estimate of drug-likeness (QED) is 0.648. The average molecular weight is 375 g/mol. The Morgan fingerprint density at radius 3 is 2.12 bits per heavy atom. The largest absolute Gasteiger partial charge is 0.467 e. The van der Waals surface area contributed by atoms with Gasteiger partial charge >= 0.3 is 12.1 Å². The van der Waals surface area contributed by atoms with Crippen LogP contribution in [0.3, 0.4) is 0 Å². The molecule has 1 N–H and O–H groups in total. The highest BCUT2D eigenvalue weighted by Gasteiger charge is 2.36. The van der Waals surface area contributed by atoms with Crippen molar-refractivity contribution in [1.82, 2.24) is 9.80 Å². The van der Waals surface area contributed by atoms with Crippen LogP contribution in [0.15, 0.2) is 0 Å². The van der Waals surface area contributed by atoms with Crippen LogP contribution in [-0.2, 0) is 19.1 Å². The highest BCUT2D eigenvalue weighted by Crippen LogP contribution is 2.18. The fourth-order valence-corrected chi connectivity index (χ4v) is 2.34. The zero-order valence-corrected chi connectivity index (χ0v) is 16.9. The van der Waals surface area contributed by atoms with E-state index in [0.29, 0.717) is 6.42 Å². The van der Waals surface area contributed by atoms with Crippen LogP contribution < -0.4 is 0 Å². The Hall–Kier alpha value is -1.83. The molecule has 0 aromatic carbocycles. The Balaban J connectivity index is 5.71. The lowest BCUT2D eigenvalue weighted by molar-refractivity contribution is -0.154. The molecule has 0 fully saturated rings. The molecule has 0 aliphatic heterocycles. The maximum absolute atomic E-state index is 13.1. The van der Waals surface area contributed by atoms with E-state index in [4.69, 9.17) is 10.8 Å². The van der Waals surface area contributed by atoms with Gasteiger partial charge in [0.2, 0.25) is 5.91 Å². The Morgan fingerprint density at radius 1 is 1.15 bits per heavy atom. The van der Waals surface area contributed by atoms with Crippen LogP contribution >= 0.6 is 0 Å². The van der Waals surface area contributed by atoms with Gasteiger partial charge in [-0.3, -0.25) is 9.69 Å². The smallest absolute Gasteiger partial charge is 0.410 e. The molecule has 0 aromatic heterocycles. The lowest BCUT2D eigenvalue weighted by Crippen LogP contribution is -2.54. The number of carbonyl (C=O) groups is 3. The topological polar surface area (TPSA) is 96.4 Å². The highest BCUT2D eigenvalue weighted by molar-refractivity contribution is 5.89. The number of nitrogens with zero attached hydrogens (tertiary/aromatic N) is 2. The Morgan fingerprint density at radius 2 is 1.73 bits per heavy atom. The zero-order valence-electron chi connectivity index (χ0n) is 17.9. The first-order valence-electron chi connectivity index (χ1n) is 9.34. The molecule has 0 spiro atoms. The zero-order chi connectivity index (χ0) is 21.4. The second-order valence-electron chi connectivity index (χ2n) is 7.60. The van der Waals surface area contributed by atoms with E-state index in [2.05, 4.69) is 0 Å². The van der Waals surface area contributed by atoms with Gasteiger partial charge in [0.05, 0.1) is 7.11 Å². The molecule has 0 aliphatic rings. The fraction of sp³-hybridized carbons (Fsp3) is 0.833. The van der Waals surface area contributed by atoms with Crippen molar-refractivity contribution < 1.29 is 30.3 Å². The summed E-state index contributed by atoms with van der Waals surface area (Å²) < 4.78 is 17.8. The summed E-state index contributed by atoms with van der Waals surface area (Å²) in [4.78, 5) is 39.8. The van der Waals surface area contributed by atoms with E-state index in [1.807, 2.05) is 13.8 Å². The summed E-state index contributed by atoms with van der Waals surface area (Å²) in [5.74, 6) is -1.20. The number of rotatable bonds is 8. The first kappa shape index (κ1) is 22.2. The minimum Gasteiger partial charge on any atom is -0.467 e. The molecular weight excluding hydrogens is 340 g/mol. The maximum Gasteiger partial charge on any atom is 0.410 e. The molecule has 8 heteroatoms. The molecule has 2 amide bonds. The first-order valence-corrected chi connectivity index (χ1v) is 8.63. The minimum absolute atomic E-state index is 0.0537. The fourth-order valence-electron chi connectivity index (χ4n) is 2.34. The second-order valence-corrected chi connectivity index (χ2v) is 7.60. The first-order chi connectivity index (χ1) is 12.4. The van der Waals surface area contributed by atoms with Gasteiger partial charge in [-0.1, -0.05) is 13.8 Å². The summed E-state index contributed by atoms with van der Waals surface area (Å²) in [6.07, 6.45) is -0.386. The normalized spacial score (nSPS) is 14.3. The van der Waals surface area contributed by atoms with Crippen LogP contribution in [0, 0.1) is 5.92 Å². The van der Waals surface area contributed by atoms with E-state index in [9.17, 15) is 19.5 Å². The van der Waals surface area contributed by atoms with Crippen LogP contribution in [0.4, 0.5) is 4.79 Å². The molecule has 152 valence electrons. The minimum atomic E-state index is -1.09. The molecule has 8 nitrogen and oxygen atoms in total. The molecule has 0 aliphatic carbocycles. The predicted octanol–water partition coefficient (Wildman–Crippen LogP) is 1.65. The van der Waals surface area contributed by atoms with Crippen molar-refractivity contribution in [2.75, 3.05) is 27.8 Å². The molecular formula is C18H34N2O6. The van der Waals surface area contributed by atoms with Gasteiger partial charge in [-0.25, -0.2) is 9.59 Å². The van der Waals surface area contributed by atoms with Gasteiger partial charge in [-0.15, -0.1) is 0 Å². The number of aliphatic hydroxyl groups excluding tert-OH is 1. The number of hydrogen-bond donors (Lipinski definition) is 1. The number of likely N-dealkylation sites (N-methyl/N-ethyl adjacent to an activating group) is 2. The van der Waals surface area contributed by atoms with Gasteiger partial charge in [-0.2, -0.15) is 0 Å². The van der Waals surface area contributed by atoms with E-state index in [1.54, 1.807) is 20.8 Å². The third kappa shape index (κ3) is 7.59. The number of aliphatic hydroxyl groups is 1. The van der Waals surface area contributed by atoms with Gasteiger partial charge in [0.15, 0.2) is 0 Å². The van der Waals surface area contributed by atoms with Crippen molar-refractivity contribution >= 4 is 18.0 Å². The van der Waals surface area contributed by atoms with Crippen molar-refractivity contribution in [2.45, 2.75) is 65.1 Å². The van der Waals surface area contributed by atoms with Gasteiger partial charge in [0.25, 0.3) is 0 Å². The second kappa shape index (κ2) is 10.4. The van der Waals surface area contributed by atoms with Gasteiger partial charge in [-0.05, 0) is 33.1 Å². The number of carbonyl (C=O) groups excluding carboxylic acids is 3. The lowest BCUT2D eigenvalue weighted by Gasteiger charge is -2.35. The highest BCUT2D eigenvalue weighted by atomic mass is 16.6. The summed E-state index contributed by atoms with van der Waals surface area (Å²) in [6, 6.07) is -2.00. The standard InChI is InChI=1S/C18H34N2O6/c1-12(2)11-14(20(7)17(24)26-18(3,4)5)15(22)19(6)13(9-10-21)16(23)25-8/h12-14,21H,9-11H2,1-8H3/t13-,14-/m0/s1/i6D. The summed E-state index contributed by atoms with van der Waals surface area (Å²) in [7, 11) is 2.13. The molecule has 26 heavy (non-hydrogen) atoms. The van der Waals surface area contributed by atoms with E-state index >= 15 is 0 Å². The average Bonchev–Trinajstić information content (AvgIpc) is 2.56. The van der Waals surface area contributed by atoms with Gasteiger partial charge in [0.1, 0.15) is 17.7 Å². The number of amides is 2. The molecule has 0 heterocycles.